The number of hydrogen-bond donors (Lipinski definition) is 3. The molecule has 0 unspecified atom stereocenters. The molecule has 0 aliphatic carbocycles. The molecule has 38 heavy (non-hydrogen) atoms. The van der Waals surface area contributed by atoms with E-state index < -0.39 is 10.0 Å². The van der Waals surface area contributed by atoms with Gasteiger partial charge in [-0.2, -0.15) is 5.10 Å². The summed E-state index contributed by atoms with van der Waals surface area (Å²) in [6, 6.07) is 13.7. The van der Waals surface area contributed by atoms with Gasteiger partial charge in [0.2, 0.25) is 0 Å². The van der Waals surface area contributed by atoms with Crippen molar-refractivity contribution in [3.05, 3.63) is 66.7 Å². The van der Waals surface area contributed by atoms with Crippen molar-refractivity contribution in [1.82, 2.24) is 25.1 Å². The van der Waals surface area contributed by atoms with E-state index in [0.29, 0.717) is 54.8 Å². The summed E-state index contributed by atoms with van der Waals surface area (Å²) in [6.07, 6.45) is 1.73. The standard InChI is InChI=1S/C25H26N8O4S/c1-3-38(35,36)31-19-8-10-20(11-9-19)33-24-21(16-27-33)23(32-12-14-37-15-13-32)29-22(30-24)17-4-6-18(7-5-17)28-25(34)26-2/h3-11,16,31H,1,12-15H2,2H3,(H2,26,28,34). The number of hydrogen-bond acceptors (Lipinski definition) is 8. The number of morpholine rings is 1. The van der Waals surface area contributed by atoms with Gasteiger partial charge in [0.1, 0.15) is 5.82 Å². The largest absolute Gasteiger partial charge is 0.378 e. The van der Waals surface area contributed by atoms with Crippen LogP contribution in [-0.4, -0.2) is 67.5 Å². The number of nitrogens with zero attached hydrogens (tertiary/aromatic N) is 5. The molecule has 4 aromatic rings. The molecule has 2 amide bonds. The van der Waals surface area contributed by atoms with Gasteiger partial charge in [-0.25, -0.2) is 27.9 Å². The van der Waals surface area contributed by atoms with Crippen molar-refractivity contribution < 1.29 is 17.9 Å². The molecule has 0 radical (unpaired) electrons. The molecule has 2 aromatic carbocycles. The first-order chi connectivity index (χ1) is 18.4. The van der Waals surface area contributed by atoms with E-state index in [9.17, 15) is 13.2 Å². The average molecular weight is 535 g/mol. The number of nitrogens with one attached hydrogen (secondary N) is 3. The van der Waals surface area contributed by atoms with Gasteiger partial charge in [0, 0.05) is 42.5 Å². The number of anilines is 3. The average Bonchev–Trinajstić information content (AvgIpc) is 3.37. The number of carbonyl (C=O) groups excluding carboxylic acids is 1. The summed E-state index contributed by atoms with van der Waals surface area (Å²) in [5.41, 5.74) is 3.11. The first-order valence-corrected chi connectivity index (χ1v) is 13.3. The number of urea groups is 1. The molecule has 0 saturated carbocycles. The quantitative estimate of drug-likeness (QED) is 0.328. The van der Waals surface area contributed by atoms with Crippen molar-refractivity contribution in [1.29, 1.82) is 0 Å². The molecule has 1 fully saturated rings. The Bertz CT molecular complexity index is 1580. The lowest BCUT2D eigenvalue weighted by atomic mass is 10.2. The maximum atomic E-state index is 11.8. The van der Waals surface area contributed by atoms with Gasteiger partial charge in [-0.1, -0.05) is 6.58 Å². The van der Waals surface area contributed by atoms with Crippen LogP contribution in [0.15, 0.2) is 66.7 Å². The Morgan fingerprint density at radius 2 is 1.71 bits per heavy atom. The second kappa shape index (κ2) is 10.5. The first kappa shape index (κ1) is 25.2. The molecular weight excluding hydrogens is 508 g/mol. The Kier molecular flexibility index (Phi) is 6.94. The maximum absolute atomic E-state index is 11.8. The fraction of sp³-hybridized carbons (Fsp3) is 0.200. The van der Waals surface area contributed by atoms with E-state index >= 15 is 0 Å². The van der Waals surface area contributed by atoms with E-state index in [1.807, 2.05) is 12.1 Å². The second-order valence-corrected chi connectivity index (χ2v) is 10.0. The number of fused-ring (bicyclic) bond motifs is 1. The van der Waals surface area contributed by atoms with Crippen LogP contribution in [0.2, 0.25) is 0 Å². The molecule has 13 heteroatoms. The SMILES string of the molecule is C=CS(=O)(=O)Nc1ccc(-n2ncc3c(N4CCOCC4)nc(-c4ccc(NC(=O)NC)cc4)nc32)cc1. The predicted molar refractivity (Wildman–Crippen MR) is 146 cm³/mol. The second-order valence-electron chi connectivity index (χ2n) is 8.41. The van der Waals surface area contributed by atoms with E-state index in [4.69, 9.17) is 14.7 Å². The van der Waals surface area contributed by atoms with Crippen molar-refractivity contribution in [2.75, 3.05) is 48.3 Å². The summed E-state index contributed by atoms with van der Waals surface area (Å²) in [7, 11) is -2.06. The van der Waals surface area contributed by atoms with Gasteiger partial charge in [-0.05, 0) is 48.5 Å². The molecule has 196 valence electrons. The van der Waals surface area contributed by atoms with Crippen LogP contribution in [0.1, 0.15) is 0 Å². The van der Waals surface area contributed by atoms with Gasteiger partial charge in [-0.15, -0.1) is 0 Å². The third-order valence-corrected chi connectivity index (χ3v) is 6.90. The molecule has 1 aliphatic heterocycles. The van der Waals surface area contributed by atoms with Crippen LogP contribution < -0.4 is 20.3 Å². The van der Waals surface area contributed by atoms with Gasteiger partial charge in [0.25, 0.3) is 10.0 Å². The van der Waals surface area contributed by atoms with Crippen LogP contribution in [0.4, 0.5) is 22.0 Å². The van der Waals surface area contributed by atoms with Crippen molar-refractivity contribution in [2.24, 2.45) is 0 Å². The Morgan fingerprint density at radius 3 is 2.37 bits per heavy atom. The number of rotatable bonds is 7. The molecule has 3 N–H and O–H groups in total. The van der Waals surface area contributed by atoms with Crippen LogP contribution in [0.3, 0.4) is 0 Å². The molecule has 0 spiro atoms. The lowest BCUT2D eigenvalue weighted by Gasteiger charge is -2.28. The molecule has 1 aliphatic rings. The minimum absolute atomic E-state index is 0.308. The van der Waals surface area contributed by atoms with E-state index in [2.05, 4.69) is 31.9 Å². The lowest BCUT2D eigenvalue weighted by molar-refractivity contribution is 0.122. The molecule has 3 heterocycles. The van der Waals surface area contributed by atoms with Crippen LogP contribution in [-0.2, 0) is 14.8 Å². The molecule has 1 saturated heterocycles. The van der Waals surface area contributed by atoms with E-state index in [1.165, 1.54) is 0 Å². The summed E-state index contributed by atoms with van der Waals surface area (Å²) < 4.78 is 33.3. The molecular formula is C25H26N8O4S. The van der Waals surface area contributed by atoms with Gasteiger partial charge in [-0.3, -0.25) is 4.72 Å². The molecule has 12 nitrogen and oxygen atoms in total. The van der Waals surface area contributed by atoms with Crippen molar-refractivity contribution >= 4 is 44.3 Å². The number of sulfonamides is 1. The summed E-state index contributed by atoms with van der Waals surface area (Å²) in [4.78, 5) is 23.5. The zero-order chi connectivity index (χ0) is 26.7. The highest BCUT2D eigenvalue weighted by Crippen LogP contribution is 2.30. The monoisotopic (exact) mass is 534 g/mol. The lowest BCUT2D eigenvalue weighted by Crippen LogP contribution is -2.37. The minimum atomic E-state index is -3.61. The fourth-order valence-corrected chi connectivity index (χ4v) is 4.55. The van der Waals surface area contributed by atoms with E-state index in [-0.39, 0.29) is 6.03 Å². The Labute approximate surface area is 219 Å². The van der Waals surface area contributed by atoms with Crippen LogP contribution in [0.5, 0.6) is 0 Å². The van der Waals surface area contributed by atoms with Crippen molar-refractivity contribution in [3.63, 3.8) is 0 Å². The molecule has 2 aromatic heterocycles. The predicted octanol–water partition coefficient (Wildman–Crippen LogP) is 2.96. The maximum Gasteiger partial charge on any atom is 0.318 e. The number of amides is 2. The van der Waals surface area contributed by atoms with E-state index in [0.717, 1.165) is 22.2 Å². The van der Waals surface area contributed by atoms with E-state index in [1.54, 1.807) is 54.3 Å². The normalized spacial score (nSPS) is 13.8. The minimum Gasteiger partial charge on any atom is -0.378 e. The fourth-order valence-electron chi connectivity index (χ4n) is 4.00. The van der Waals surface area contributed by atoms with Crippen LogP contribution >= 0.6 is 0 Å². The number of ether oxygens (including phenoxy) is 1. The van der Waals surface area contributed by atoms with Crippen LogP contribution in [0.25, 0.3) is 28.1 Å². The smallest absolute Gasteiger partial charge is 0.318 e. The highest BCUT2D eigenvalue weighted by molar-refractivity contribution is 7.95. The molecule has 5 rings (SSSR count). The third-order valence-electron chi connectivity index (χ3n) is 5.94. The number of carbonyl (C=O) groups is 1. The highest BCUT2D eigenvalue weighted by Gasteiger charge is 2.21. The van der Waals surface area contributed by atoms with Crippen LogP contribution in [0, 0.1) is 0 Å². The van der Waals surface area contributed by atoms with Gasteiger partial charge < -0.3 is 20.3 Å². The van der Waals surface area contributed by atoms with Crippen molar-refractivity contribution in [3.8, 4) is 17.1 Å². The zero-order valence-electron chi connectivity index (χ0n) is 20.6. The van der Waals surface area contributed by atoms with Gasteiger partial charge >= 0.3 is 6.03 Å². The van der Waals surface area contributed by atoms with Crippen molar-refractivity contribution in [2.45, 2.75) is 0 Å². The summed E-state index contributed by atoms with van der Waals surface area (Å²) in [6.45, 7) is 5.87. The topological polar surface area (TPSA) is 143 Å². The highest BCUT2D eigenvalue weighted by atomic mass is 32.2. The Morgan fingerprint density at radius 1 is 1.03 bits per heavy atom. The van der Waals surface area contributed by atoms with Gasteiger partial charge in [0.15, 0.2) is 11.5 Å². The Balaban J connectivity index is 1.56. The Hall–Kier alpha value is -4.49. The molecule has 0 bridgehead atoms. The third kappa shape index (κ3) is 5.28. The molecule has 0 atom stereocenters. The zero-order valence-corrected chi connectivity index (χ0v) is 21.4. The summed E-state index contributed by atoms with van der Waals surface area (Å²) in [5.74, 6) is 1.25. The summed E-state index contributed by atoms with van der Waals surface area (Å²) >= 11 is 0. The number of aromatic nitrogens is 4. The first-order valence-electron chi connectivity index (χ1n) is 11.8. The number of benzene rings is 2. The van der Waals surface area contributed by atoms with Gasteiger partial charge in [0.05, 0.1) is 30.5 Å². The summed E-state index contributed by atoms with van der Waals surface area (Å²) in [5, 5.41) is 11.5.